The number of carboxylic acids is 2. The maximum atomic E-state index is 8.93. The normalized spacial score (nSPS) is 4.71. The van der Waals surface area contributed by atoms with Gasteiger partial charge in [-0.1, -0.05) is 0 Å². The Morgan fingerprint density at radius 1 is 0.857 bits per heavy atom. The summed E-state index contributed by atoms with van der Waals surface area (Å²) < 4.78 is 0. The molecule has 14 N–H and O–H groups in total. The number of aliphatic carboxylic acids is 2. The van der Waals surface area contributed by atoms with Gasteiger partial charge in [0.15, 0.2) is 0 Å². The topological polar surface area (TPSA) is 248 Å². The van der Waals surface area contributed by atoms with Gasteiger partial charge in [-0.05, 0) is 0 Å². The Kier molecular flexibility index (Phi) is 134. The number of hydrogen-bond donors (Lipinski definition) is 2. The van der Waals surface area contributed by atoms with Crippen LogP contribution in [0.3, 0.4) is 0 Å². The van der Waals surface area contributed by atoms with Crippen LogP contribution in [0.4, 0.5) is 0 Å². The first kappa shape index (κ1) is 48.8. The minimum absolute atomic E-state index is 0. The van der Waals surface area contributed by atoms with E-state index in [-0.39, 0.29) is 28.7 Å². The minimum atomic E-state index is -2.19. The van der Waals surface area contributed by atoms with E-state index >= 15 is 0 Å². The van der Waals surface area contributed by atoms with Crippen LogP contribution in [-0.4, -0.2) is 28.4 Å². The molecule has 0 aromatic heterocycles. The van der Waals surface area contributed by atoms with E-state index in [1.165, 1.54) is 0 Å². The average molecular weight is 313 g/mol. The monoisotopic (exact) mass is 311 g/mol. The predicted octanol–water partition coefficient (Wildman–Crippen LogP) is -3.86. The molecule has 99 valence electrons. The van der Waals surface area contributed by atoms with Gasteiger partial charge in [0.05, 0.1) is 11.9 Å². The molecule has 0 heterocycles. The van der Waals surface area contributed by atoms with E-state index in [1.807, 2.05) is 0 Å². The molecule has 9 nitrogen and oxygen atoms in total. The smallest absolute Gasteiger partial charge is 0.369 e. The molecule has 0 unspecified atom stereocenters. The van der Waals surface area contributed by atoms with Gasteiger partial charge in [-0.3, -0.25) is 0 Å². The van der Waals surface area contributed by atoms with Crippen LogP contribution in [0.1, 0.15) is 0 Å². The molecule has 0 bridgehead atoms. The first-order valence-corrected chi connectivity index (χ1v) is 3.89. The van der Waals surface area contributed by atoms with Gasteiger partial charge < -0.3 is 48.5 Å². The summed E-state index contributed by atoms with van der Waals surface area (Å²) in [5.41, 5.74) is 0. The second-order valence-corrected chi connectivity index (χ2v) is 2.17. The van der Waals surface area contributed by atoms with Crippen molar-refractivity contribution in [2.24, 2.45) is 0 Å². The van der Waals surface area contributed by atoms with Gasteiger partial charge >= 0.3 is 33.3 Å². The molecule has 0 atom stereocenters. The van der Waals surface area contributed by atoms with Crippen LogP contribution in [0.2, 0.25) is 0 Å². The molecule has 0 aromatic carbocycles. The average Bonchev–Trinajstić information content (AvgIpc) is 1.68. The van der Waals surface area contributed by atoms with Crippen LogP contribution in [0, 0.1) is 0 Å². The quantitative estimate of drug-likeness (QED) is 0.336. The molecule has 0 aliphatic carbocycles. The number of quaternary nitrogens is 2. The zero-order chi connectivity index (χ0) is 7.86. The van der Waals surface area contributed by atoms with Crippen LogP contribution in [0.15, 0.2) is 0 Å². The number of rotatable bonds is 0. The largest absolute Gasteiger partial charge is 0.369 e. The van der Waals surface area contributed by atoms with Crippen LogP contribution in [-0.2, 0) is 22.7 Å². The summed E-state index contributed by atoms with van der Waals surface area (Å²) in [4.78, 5) is 17.9. The molecule has 0 aromatic rings. The molecule has 14 heavy (non-hydrogen) atoms. The molecule has 0 radical (unpaired) electrons. The Bertz CT molecular complexity index is 104. The molecular weight excluding hydrogens is 298 g/mol. The molecule has 0 fully saturated rings. The molecule has 0 spiro atoms. The molecular formula is C2H14Cl2CuN2O7. The summed E-state index contributed by atoms with van der Waals surface area (Å²) in [5.74, 6) is -4.37. The summed E-state index contributed by atoms with van der Waals surface area (Å²) in [7, 11) is 9.34. The fourth-order valence-corrected chi connectivity index (χ4v) is 0. The molecule has 12 heteroatoms. The molecule has 0 saturated carbocycles. The van der Waals surface area contributed by atoms with E-state index in [0.29, 0.717) is 0 Å². The molecule has 0 aliphatic rings. The van der Waals surface area contributed by atoms with Gasteiger partial charge in [0, 0.05) is 0 Å². The Labute approximate surface area is 94.1 Å². The first-order valence-electron chi connectivity index (χ1n) is 1.29. The van der Waals surface area contributed by atoms with Crippen molar-refractivity contribution in [1.82, 2.24) is 12.3 Å². The molecule has 0 rings (SSSR count). The number of halogens is 2. The standard InChI is InChI=1S/C2H2O4.2ClH.Cu.2H3N.3H2O/c3-1(4)2(5)6;;;;;;;;/h(H,3,4)(H,5,6);2*1H;;2*1H3;3*1H2/q;;;+2;;;;;/p-2. The van der Waals surface area contributed by atoms with Crippen molar-refractivity contribution < 1.29 is 49.4 Å². The van der Waals surface area contributed by atoms with Crippen molar-refractivity contribution in [2.45, 2.75) is 0 Å². The van der Waals surface area contributed by atoms with Crippen molar-refractivity contribution in [3.63, 3.8) is 0 Å². The summed E-state index contributed by atoms with van der Waals surface area (Å²) in [6, 6.07) is 0. The van der Waals surface area contributed by atoms with Gasteiger partial charge in [-0.2, -0.15) is 0 Å². The van der Waals surface area contributed by atoms with E-state index in [9.17, 15) is 0 Å². The van der Waals surface area contributed by atoms with Crippen LogP contribution in [0.5, 0.6) is 0 Å². The predicted molar refractivity (Wildman–Crippen MR) is 44.5 cm³/mol. The van der Waals surface area contributed by atoms with E-state index in [4.69, 9.17) is 19.8 Å². The summed E-state index contributed by atoms with van der Waals surface area (Å²) in [6.45, 7) is 0. The van der Waals surface area contributed by atoms with Crippen molar-refractivity contribution in [2.75, 3.05) is 0 Å². The third kappa shape index (κ3) is 94.4. The van der Waals surface area contributed by atoms with E-state index < -0.39 is 11.9 Å². The van der Waals surface area contributed by atoms with E-state index in [0.717, 1.165) is 13.1 Å². The van der Waals surface area contributed by atoms with Crippen molar-refractivity contribution >= 4 is 32.1 Å². The number of carbonyl (C=O) groups is 2. The van der Waals surface area contributed by atoms with Crippen molar-refractivity contribution in [3.05, 3.63) is 0 Å². The van der Waals surface area contributed by atoms with E-state index in [1.54, 1.807) is 0 Å². The van der Waals surface area contributed by atoms with Gasteiger partial charge in [0.25, 0.3) is 0 Å². The molecule has 0 aliphatic heterocycles. The minimum Gasteiger partial charge on any atom is -0.369 e. The zero-order valence-corrected chi connectivity index (χ0v) is 9.64. The summed E-state index contributed by atoms with van der Waals surface area (Å²) in [5, 5.41) is 17.9. The summed E-state index contributed by atoms with van der Waals surface area (Å²) in [6.07, 6.45) is 0. The molecule has 0 amide bonds. The maximum Gasteiger partial charge on any atom is -0.369 e. The first-order chi connectivity index (χ1) is 4.06. The molecule has 0 saturated heterocycles. The van der Waals surface area contributed by atoms with E-state index in [2.05, 4.69) is 20.2 Å². The van der Waals surface area contributed by atoms with Gasteiger partial charge in [0.2, 0.25) is 0 Å². The maximum absolute atomic E-state index is 8.93. The van der Waals surface area contributed by atoms with Crippen molar-refractivity contribution in [3.8, 4) is 0 Å². The third-order valence-electron chi connectivity index (χ3n) is 0.167. The fourth-order valence-electron chi connectivity index (χ4n) is 0. The third-order valence-corrected chi connectivity index (χ3v) is 0.167. The van der Waals surface area contributed by atoms with Gasteiger partial charge in [-0.25, -0.2) is 0 Å². The Morgan fingerprint density at radius 3 is 0.929 bits per heavy atom. The van der Waals surface area contributed by atoms with Gasteiger partial charge in [0.1, 0.15) is 0 Å². The fraction of sp³-hybridized carbons (Fsp3) is 0. The number of hydrogen-bond acceptors (Lipinski definition) is 4. The Hall–Kier alpha value is -0.161. The van der Waals surface area contributed by atoms with Crippen LogP contribution < -0.4 is 22.5 Å². The second kappa shape index (κ2) is 38.5. The Balaban J connectivity index is -0.0000000113. The second-order valence-electron chi connectivity index (χ2n) is 0.618. The van der Waals surface area contributed by atoms with Crippen LogP contribution >= 0.6 is 20.2 Å². The zero-order valence-electron chi connectivity index (χ0n) is 7.19. The Morgan fingerprint density at radius 2 is 0.929 bits per heavy atom. The van der Waals surface area contributed by atoms with Crippen molar-refractivity contribution in [1.29, 1.82) is 0 Å². The summed E-state index contributed by atoms with van der Waals surface area (Å²) >= 11 is 0.757. The number of carboxylic acid groups (broad SMARTS) is 2. The van der Waals surface area contributed by atoms with Crippen LogP contribution in [0.25, 0.3) is 0 Å². The number of carbonyl (C=O) groups excluding carboxylic acids is 2. The SMILES string of the molecule is O.O.O.O=C([O-])C(=O)[O-].[Cl][Cu][Cl].[NH4+].[NH4+]. The van der Waals surface area contributed by atoms with Gasteiger partial charge in [-0.15, -0.1) is 0 Å².